The van der Waals surface area contributed by atoms with Gasteiger partial charge in [-0.1, -0.05) is 23.9 Å². The van der Waals surface area contributed by atoms with E-state index in [-0.39, 0.29) is 32.8 Å². The van der Waals surface area contributed by atoms with Crippen molar-refractivity contribution in [2.45, 2.75) is 15.5 Å². The number of amides is 1. The maximum Gasteiger partial charge on any atom is 0.338 e. The van der Waals surface area contributed by atoms with E-state index >= 15 is 0 Å². The average Bonchev–Trinajstić information content (AvgIpc) is 2.67. The molecule has 0 atom stereocenters. The molecule has 2 N–H and O–H groups in total. The van der Waals surface area contributed by atoms with Crippen LogP contribution in [-0.2, 0) is 19.6 Å². The molecule has 7 nitrogen and oxygen atoms in total. The van der Waals surface area contributed by atoms with Crippen molar-refractivity contribution in [1.29, 1.82) is 0 Å². The number of carbonyl (C=O) groups excluding carboxylic acids is 2. The number of nitrogens with one attached hydrogen (secondary N) is 2. The Balaban J connectivity index is 1.95. The number of esters is 1. The summed E-state index contributed by atoms with van der Waals surface area (Å²) in [6.45, 7) is -0.636. The van der Waals surface area contributed by atoms with Crippen molar-refractivity contribution in [2.24, 2.45) is 0 Å². The molecule has 2 aromatic carbocycles. The Morgan fingerprint density at radius 1 is 1.11 bits per heavy atom. The lowest BCUT2D eigenvalue weighted by Gasteiger charge is -2.10. The fourth-order valence-electron chi connectivity index (χ4n) is 2.06. The summed E-state index contributed by atoms with van der Waals surface area (Å²) < 4.78 is 55.4. The molecule has 2 aromatic rings. The van der Waals surface area contributed by atoms with E-state index in [0.29, 0.717) is 0 Å². The number of benzene rings is 2. The zero-order valence-corrected chi connectivity index (χ0v) is 16.1. The smallest absolute Gasteiger partial charge is 0.338 e. The Bertz CT molecular complexity index is 950. The predicted molar refractivity (Wildman–Crippen MR) is 99.9 cm³/mol. The molecule has 0 spiro atoms. The van der Waals surface area contributed by atoms with E-state index in [1.807, 2.05) is 0 Å². The van der Waals surface area contributed by atoms with E-state index in [1.54, 1.807) is 12.1 Å². The summed E-state index contributed by atoms with van der Waals surface area (Å²) in [6, 6.07) is 10.9. The molecule has 0 aliphatic carbocycles. The highest BCUT2D eigenvalue weighted by atomic mass is 32.2. The number of carbonyl (C=O) groups is 2. The predicted octanol–water partition coefficient (Wildman–Crippen LogP) is 2.70. The van der Waals surface area contributed by atoms with E-state index in [9.17, 15) is 26.8 Å². The van der Waals surface area contributed by atoms with Gasteiger partial charge in [0.25, 0.3) is 11.7 Å². The molecule has 0 aliphatic heterocycles. The molecule has 150 valence electrons. The zero-order valence-electron chi connectivity index (χ0n) is 14.5. The highest BCUT2D eigenvalue weighted by molar-refractivity contribution is 7.99. The number of ether oxygens (including phenoxy) is 1. The van der Waals surface area contributed by atoms with Gasteiger partial charge in [-0.2, -0.15) is 8.78 Å². The number of rotatable bonds is 8. The lowest BCUT2D eigenvalue weighted by Crippen LogP contribution is -2.21. The van der Waals surface area contributed by atoms with E-state index in [1.165, 1.54) is 43.4 Å². The van der Waals surface area contributed by atoms with Gasteiger partial charge in [-0.3, -0.25) is 4.79 Å². The third kappa shape index (κ3) is 6.01. The Labute approximate surface area is 164 Å². The Morgan fingerprint density at radius 2 is 1.75 bits per heavy atom. The van der Waals surface area contributed by atoms with Gasteiger partial charge in [-0.25, -0.2) is 17.9 Å². The highest BCUT2D eigenvalue weighted by Gasteiger charge is 2.16. The standard InChI is InChI=1S/C17H16F2N2O5S2/c1-20-28(24,25)12-8-6-11(7-9-12)16(23)26-10-15(22)21-13-4-2-3-5-14(13)27-17(18)19/h2-9,17,20H,10H2,1H3,(H,21,22). The Hall–Kier alpha value is -2.50. The maximum absolute atomic E-state index is 12.5. The summed E-state index contributed by atoms with van der Waals surface area (Å²) in [4.78, 5) is 24.1. The number of thioether (sulfide) groups is 1. The van der Waals surface area contributed by atoms with Crippen LogP contribution in [-0.4, -0.2) is 39.7 Å². The topological polar surface area (TPSA) is 102 Å². The van der Waals surface area contributed by atoms with Crippen LogP contribution in [0.3, 0.4) is 0 Å². The minimum atomic E-state index is -3.64. The van der Waals surface area contributed by atoms with Gasteiger partial charge < -0.3 is 10.1 Å². The molecule has 1 amide bonds. The first kappa shape index (κ1) is 21.8. The average molecular weight is 430 g/mol. The summed E-state index contributed by atoms with van der Waals surface area (Å²) in [5.74, 6) is -4.19. The van der Waals surface area contributed by atoms with Crippen LogP contribution in [0.15, 0.2) is 58.3 Å². The van der Waals surface area contributed by atoms with Crippen molar-refractivity contribution in [3.8, 4) is 0 Å². The SMILES string of the molecule is CNS(=O)(=O)c1ccc(C(=O)OCC(=O)Nc2ccccc2SC(F)F)cc1. The van der Waals surface area contributed by atoms with Crippen molar-refractivity contribution in [1.82, 2.24) is 4.72 Å². The Morgan fingerprint density at radius 3 is 2.36 bits per heavy atom. The van der Waals surface area contributed by atoms with Crippen LogP contribution in [0.2, 0.25) is 0 Å². The van der Waals surface area contributed by atoms with Crippen molar-refractivity contribution >= 4 is 39.3 Å². The molecule has 0 unspecified atom stereocenters. The molecule has 0 saturated heterocycles. The number of alkyl halides is 2. The first-order chi connectivity index (χ1) is 13.2. The molecule has 0 bridgehead atoms. The molecule has 0 saturated carbocycles. The number of hydrogen-bond acceptors (Lipinski definition) is 6. The first-order valence-electron chi connectivity index (χ1n) is 7.77. The molecule has 11 heteroatoms. The summed E-state index contributed by atoms with van der Waals surface area (Å²) in [6.07, 6.45) is 0. The van der Waals surface area contributed by atoms with Crippen LogP contribution in [0.1, 0.15) is 10.4 Å². The summed E-state index contributed by atoms with van der Waals surface area (Å²) in [5.41, 5.74) is 0.229. The first-order valence-corrected chi connectivity index (χ1v) is 10.1. The monoisotopic (exact) mass is 430 g/mol. The van der Waals surface area contributed by atoms with E-state index < -0.39 is 34.3 Å². The second-order valence-corrected chi connectivity index (χ2v) is 8.15. The second-order valence-electron chi connectivity index (χ2n) is 5.23. The van der Waals surface area contributed by atoms with Crippen molar-refractivity contribution < 1.29 is 31.5 Å². The normalized spacial score (nSPS) is 11.3. The second kappa shape index (κ2) is 9.62. The van der Waals surface area contributed by atoms with Gasteiger partial charge in [0, 0.05) is 4.90 Å². The number of anilines is 1. The lowest BCUT2D eigenvalue weighted by atomic mass is 10.2. The number of hydrogen-bond donors (Lipinski definition) is 2. The fourth-order valence-corrected chi connectivity index (χ4v) is 3.38. The largest absolute Gasteiger partial charge is 0.452 e. The van der Waals surface area contributed by atoms with Crippen LogP contribution in [0, 0.1) is 0 Å². The van der Waals surface area contributed by atoms with Crippen LogP contribution in [0.4, 0.5) is 14.5 Å². The minimum absolute atomic E-state index is 0.0302. The van der Waals surface area contributed by atoms with Crippen molar-refractivity contribution in [3.05, 3.63) is 54.1 Å². The van der Waals surface area contributed by atoms with Crippen LogP contribution < -0.4 is 10.0 Å². The van der Waals surface area contributed by atoms with E-state index in [4.69, 9.17) is 4.74 Å². The molecule has 2 rings (SSSR count). The van der Waals surface area contributed by atoms with Crippen molar-refractivity contribution in [2.75, 3.05) is 19.0 Å². The van der Waals surface area contributed by atoms with Gasteiger partial charge >= 0.3 is 5.97 Å². The highest BCUT2D eigenvalue weighted by Crippen LogP contribution is 2.31. The van der Waals surface area contributed by atoms with Gasteiger partial charge in [-0.05, 0) is 43.4 Å². The third-order valence-electron chi connectivity index (χ3n) is 3.38. The minimum Gasteiger partial charge on any atom is -0.452 e. The number of halogens is 2. The van der Waals surface area contributed by atoms with Gasteiger partial charge in [0.1, 0.15) is 0 Å². The third-order valence-corrected chi connectivity index (χ3v) is 5.60. The van der Waals surface area contributed by atoms with Crippen LogP contribution >= 0.6 is 11.8 Å². The molecular weight excluding hydrogens is 414 g/mol. The summed E-state index contributed by atoms with van der Waals surface area (Å²) in [5, 5.41) is 2.40. The summed E-state index contributed by atoms with van der Waals surface area (Å²) in [7, 11) is -2.38. The van der Waals surface area contributed by atoms with Gasteiger partial charge in [0.2, 0.25) is 10.0 Å². The van der Waals surface area contributed by atoms with Gasteiger partial charge in [-0.15, -0.1) is 0 Å². The number of sulfonamides is 1. The lowest BCUT2D eigenvalue weighted by molar-refractivity contribution is -0.119. The van der Waals surface area contributed by atoms with Crippen LogP contribution in [0.5, 0.6) is 0 Å². The molecule has 0 heterocycles. The molecule has 0 fully saturated rings. The van der Waals surface area contributed by atoms with Gasteiger partial charge in [0.15, 0.2) is 6.61 Å². The number of para-hydroxylation sites is 1. The Kier molecular flexibility index (Phi) is 7.49. The van der Waals surface area contributed by atoms with Crippen molar-refractivity contribution in [3.63, 3.8) is 0 Å². The van der Waals surface area contributed by atoms with Crippen LogP contribution in [0.25, 0.3) is 0 Å². The fraction of sp³-hybridized carbons (Fsp3) is 0.176. The van der Waals surface area contributed by atoms with E-state index in [0.717, 1.165) is 0 Å². The maximum atomic E-state index is 12.5. The zero-order chi connectivity index (χ0) is 20.7. The molecule has 0 aliphatic rings. The summed E-state index contributed by atoms with van der Waals surface area (Å²) >= 11 is 0.283. The van der Waals surface area contributed by atoms with E-state index in [2.05, 4.69) is 10.0 Å². The molecule has 0 radical (unpaired) electrons. The molecule has 28 heavy (non-hydrogen) atoms. The molecular formula is C17H16F2N2O5S2. The quantitative estimate of drug-likeness (QED) is 0.493. The van der Waals surface area contributed by atoms with Gasteiger partial charge in [0.05, 0.1) is 16.1 Å². The molecule has 0 aromatic heterocycles.